The first-order valence-corrected chi connectivity index (χ1v) is 7.54. The molecule has 22 heavy (non-hydrogen) atoms. The van der Waals surface area contributed by atoms with Crippen LogP contribution in [0.1, 0.15) is 30.3 Å². The van der Waals surface area contributed by atoms with Crippen LogP contribution in [0.15, 0.2) is 24.3 Å². The molecule has 0 spiro atoms. The van der Waals surface area contributed by atoms with E-state index >= 15 is 0 Å². The second kappa shape index (κ2) is 8.77. The molecule has 0 radical (unpaired) electrons. The van der Waals surface area contributed by atoms with Crippen LogP contribution in [0.25, 0.3) is 0 Å². The monoisotopic (exact) mass is 344 g/mol. The molecule has 1 heterocycles. The van der Waals surface area contributed by atoms with Crippen LogP contribution >= 0.6 is 23.7 Å². The van der Waals surface area contributed by atoms with Gasteiger partial charge in [-0.2, -0.15) is 0 Å². The summed E-state index contributed by atoms with van der Waals surface area (Å²) >= 11 is 1.22. The van der Waals surface area contributed by atoms with Crippen molar-refractivity contribution in [3.05, 3.63) is 40.7 Å². The summed E-state index contributed by atoms with van der Waals surface area (Å²) in [5, 5.41) is 11.5. The van der Waals surface area contributed by atoms with Gasteiger partial charge in [0.15, 0.2) is 0 Å². The van der Waals surface area contributed by atoms with Gasteiger partial charge in [0.05, 0.1) is 6.04 Å². The number of hydrogen-bond donors (Lipinski definition) is 2. The summed E-state index contributed by atoms with van der Waals surface area (Å²) in [5.74, 6) is -0.548. The molecule has 1 atom stereocenters. The molecular formula is C14H18ClFN4OS. The molecule has 0 aliphatic carbocycles. The van der Waals surface area contributed by atoms with Crippen LogP contribution in [-0.2, 0) is 11.2 Å². The van der Waals surface area contributed by atoms with Gasteiger partial charge >= 0.3 is 0 Å². The van der Waals surface area contributed by atoms with Gasteiger partial charge in [-0.25, -0.2) is 4.39 Å². The van der Waals surface area contributed by atoms with Gasteiger partial charge in [-0.05, 0) is 18.1 Å². The van der Waals surface area contributed by atoms with Crippen molar-refractivity contribution in [2.75, 3.05) is 5.32 Å². The molecule has 1 amide bonds. The minimum absolute atomic E-state index is 0. The third kappa shape index (κ3) is 5.01. The predicted octanol–water partition coefficient (Wildman–Crippen LogP) is 2.76. The van der Waals surface area contributed by atoms with E-state index in [1.54, 1.807) is 18.2 Å². The summed E-state index contributed by atoms with van der Waals surface area (Å²) in [5.41, 5.74) is 6.27. The lowest BCUT2D eigenvalue weighted by molar-refractivity contribution is -0.117. The molecule has 0 aliphatic rings. The third-order valence-electron chi connectivity index (χ3n) is 2.93. The van der Waals surface area contributed by atoms with E-state index in [9.17, 15) is 9.18 Å². The highest BCUT2D eigenvalue weighted by molar-refractivity contribution is 7.15. The van der Waals surface area contributed by atoms with E-state index in [4.69, 9.17) is 5.73 Å². The number of hydrogen-bond acceptors (Lipinski definition) is 5. The van der Waals surface area contributed by atoms with E-state index in [0.717, 1.165) is 6.42 Å². The molecule has 0 fully saturated rings. The highest BCUT2D eigenvalue weighted by atomic mass is 35.5. The number of amides is 1. The molecule has 5 nitrogen and oxygen atoms in total. The fourth-order valence-corrected chi connectivity index (χ4v) is 2.59. The van der Waals surface area contributed by atoms with Gasteiger partial charge in [0.2, 0.25) is 11.0 Å². The number of nitrogens with two attached hydrogens (primary N) is 1. The zero-order valence-corrected chi connectivity index (χ0v) is 13.7. The van der Waals surface area contributed by atoms with Crippen molar-refractivity contribution in [2.45, 2.75) is 32.2 Å². The molecule has 120 valence electrons. The molecule has 1 aromatic carbocycles. The van der Waals surface area contributed by atoms with Crippen LogP contribution in [0.5, 0.6) is 0 Å². The lowest BCUT2D eigenvalue weighted by atomic mass is 10.1. The number of rotatable bonds is 6. The first-order valence-electron chi connectivity index (χ1n) is 6.72. The van der Waals surface area contributed by atoms with Gasteiger partial charge in [-0.3, -0.25) is 10.1 Å². The van der Waals surface area contributed by atoms with Crippen molar-refractivity contribution >= 4 is 34.8 Å². The van der Waals surface area contributed by atoms with E-state index < -0.39 is 6.04 Å². The Bertz CT molecular complexity index is 622. The Morgan fingerprint density at radius 3 is 2.82 bits per heavy atom. The summed E-state index contributed by atoms with van der Waals surface area (Å²) < 4.78 is 13.6. The van der Waals surface area contributed by atoms with Crippen LogP contribution in [0.2, 0.25) is 0 Å². The summed E-state index contributed by atoms with van der Waals surface area (Å²) in [4.78, 5) is 11.8. The van der Waals surface area contributed by atoms with E-state index in [0.29, 0.717) is 28.5 Å². The van der Waals surface area contributed by atoms with Crippen molar-refractivity contribution in [3.63, 3.8) is 0 Å². The molecule has 2 aromatic rings. The summed E-state index contributed by atoms with van der Waals surface area (Å²) in [6, 6.07) is 5.97. The highest BCUT2D eigenvalue weighted by Crippen LogP contribution is 2.20. The molecule has 1 unspecified atom stereocenters. The van der Waals surface area contributed by atoms with Crippen LogP contribution < -0.4 is 11.1 Å². The number of carbonyl (C=O) groups is 1. The maximum atomic E-state index is 13.6. The van der Waals surface area contributed by atoms with Gasteiger partial charge in [-0.15, -0.1) is 22.6 Å². The second-order valence-corrected chi connectivity index (χ2v) is 5.72. The van der Waals surface area contributed by atoms with Gasteiger partial charge in [-0.1, -0.05) is 42.9 Å². The largest absolute Gasteiger partial charge is 0.320 e. The zero-order chi connectivity index (χ0) is 15.2. The molecule has 0 bridgehead atoms. The average molecular weight is 345 g/mol. The fourth-order valence-electron chi connectivity index (χ4n) is 1.82. The van der Waals surface area contributed by atoms with Crippen LogP contribution in [0, 0.1) is 5.82 Å². The first kappa shape index (κ1) is 18.5. The fraction of sp³-hybridized carbons (Fsp3) is 0.357. The molecular weight excluding hydrogens is 327 g/mol. The Morgan fingerprint density at radius 2 is 2.14 bits per heavy atom. The maximum absolute atomic E-state index is 13.6. The normalized spacial score (nSPS) is 11.6. The molecule has 0 saturated heterocycles. The van der Waals surface area contributed by atoms with Crippen molar-refractivity contribution in [1.29, 1.82) is 0 Å². The number of aromatic nitrogens is 2. The molecule has 0 aliphatic heterocycles. The van der Waals surface area contributed by atoms with Gasteiger partial charge < -0.3 is 5.73 Å². The number of nitrogens with one attached hydrogen (secondary N) is 1. The Hall–Kier alpha value is -1.57. The molecule has 8 heteroatoms. The maximum Gasteiger partial charge on any atom is 0.243 e. The number of nitrogens with zero attached hydrogens (tertiary/aromatic N) is 2. The first-order chi connectivity index (χ1) is 10.1. The van der Waals surface area contributed by atoms with Crippen LogP contribution in [0.3, 0.4) is 0 Å². The third-order valence-corrected chi connectivity index (χ3v) is 3.77. The van der Waals surface area contributed by atoms with Crippen molar-refractivity contribution < 1.29 is 9.18 Å². The lowest BCUT2D eigenvalue weighted by Gasteiger charge is -2.08. The SMILES string of the molecule is CCCC(N)C(=O)Nc1nnc(Cc2ccccc2F)s1.Cl. The predicted molar refractivity (Wildman–Crippen MR) is 87.9 cm³/mol. The minimum Gasteiger partial charge on any atom is -0.320 e. The second-order valence-electron chi connectivity index (χ2n) is 4.65. The zero-order valence-electron chi connectivity index (χ0n) is 12.1. The summed E-state index contributed by atoms with van der Waals surface area (Å²) in [6.45, 7) is 1.96. The lowest BCUT2D eigenvalue weighted by Crippen LogP contribution is -2.35. The van der Waals surface area contributed by atoms with E-state index in [1.807, 2.05) is 6.92 Å². The Balaban J connectivity index is 0.00000242. The van der Waals surface area contributed by atoms with Gasteiger partial charge in [0.25, 0.3) is 0 Å². The Kier molecular flexibility index (Phi) is 7.37. The minimum atomic E-state index is -0.547. The van der Waals surface area contributed by atoms with E-state index in [1.165, 1.54) is 17.4 Å². The standard InChI is InChI=1S/C14H17FN4OS.ClH/c1-2-5-11(16)13(20)17-14-19-18-12(21-14)8-9-6-3-4-7-10(9)15;/h3-4,6-7,11H,2,5,8,16H2,1H3,(H,17,19,20);1H. The summed E-state index contributed by atoms with van der Waals surface area (Å²) in [7, 11) is 0. The average Bonchev–Trinajstić information content (AvgIpc) is 2.89. The van der Waals surface area contributed by atoms with E-state index in [-0.39, 0.29) is 24.1 Å². The van der Waals surface area contributed by atoms with Gasteiger partial charge in [0, 0.05) is 6.42 Å². The topological polar surface area (TPSA) is 80.9 Å². The Morgan fingerprint density at radius 1 is 1.41 bits per heavy atom. The number of carbonyl (C=O) groups excluding carboxylic acids is 1. The molecule has 0 saturated carbocycles. The Labute approximate surface area is 138 Å². The van der Waals surface area contributed by atoms with Crippen LogP contribution in [0.4, 0.5) is 9.52 Å². The highest BCUT2D eigenvalue weighted by Gasteiger charge is 2.15. The van der Waals surface area contributed by atoms with Crippen LogP contribution in [-0.4, -0.2) is 22.1 Å². The quantitative estimate of drug-likeness (QED) is 0.844. The molecule has 1 aromatic heterocycles. The van der Waals surface area contributed by atoms with E-state index in [2.05, 4.69) is 15.5 Å². The molecule has 2 rings (SSSR count). The number of halogens is 2. The molecule has 3 N–H and O–H groups in total. The van der Waals surface area contributed by atoms with Gasteiger partial charge in [0.1, 0.15) is 10.8 Å². The number of anilines is 1. The number of benzene rings is 1. The van der Waals surface area contributed by atoms with Crippen molar-refractivity contribution in [2.24, 2.45) is 5.73 Å². The van der Waals surface area contributed by atoms with Crippen molar-refractivity contribution in [3.8, 4) is 0 Å². The summed E-state index contributed by atoms with van der Waals surface area (Å²) in [6.07, 6.45) is 1.80. The van der Waals surface area contributed by atoms with Crippen molar-refractivity contribution in [1.82, 2.24) is 10.2 Å². The smallest absolute Gasteiger partial charge is 0.243 e.